The summed E-state index contributed by atoms with van der Waals surface area (Å²) in [6.45, 7) is 2.67. The van der Waals surface area contributed by atoms with Crippen molar-refractivity contribution in [2.75, 3.05) is 17.2 Å². The average Bonchev–Trinajstić information content (AvgIpc) is 3.27. The molecule has 4 rings (SSSR count). The van der Waals surface area contributed by atoms with E-state index in [4.69, 9.17) is 34.8 Å². The molecule has 11 heteroatoms. The van der Waals surface area contributed by atoms with Crippen LogP contribution in [-0.2, 0) is 17.9 Å². The number of amides is 1. The average molecular weight is 531 g/mol. The fourth-order valence-electron chi connectivity index (χ4n) is 3.20. The van der Waals surface area contributed by atoms with E-state index in [1.807, 2.05) is 37.4 Å². The fourth-order valence-corrected chi connectivity index (χ4v) is 3.89. The Morgan fingerprint density at radius 1 is 0.971 bits per heavy atom. The van der Waals surface area contributed by atoms with Gasteiger partial charge in [-0.2, -0.15) is 9.97 Å². The highest BCUT2D eigenvalue weighted by molar-refractivity contribution is 6.35. The molecule has 1 amide bonds. The van der Waals surface area contributed by atoms with Crippen molar-refractivity contribution < 1.29 is 4.79 Å². The summed E-state index contributed by atoms with van der Waals surface area (Å²) in [5.74, 6) is 1.26. The van der Waals surface area contributed by atoms with E-state index >= 15 is 0 Å². The minimum absolute atomic E-state index is 0.0123. The molecule has 8 nitrogen and oxygen atoms in total. The fraction of sp³-hybridized carbons (Fsp3) is 0.167. The molecule has 0 atom stereocenters. The van der Waals surface area contributed by atoms with Crippen LogP contribution in [0.1, 0.15) is 16.8 Å². The second-order valence-corrected chi connectivity index (χ2v) is 8.99. The van der Waals surface area contributed by atoms with Crippen LogP contribution in [0.4, 0.5) is 11.8 Å². The Balaban J connectivity index is 1.44. The van der Waals surface area contributed by atoms with Gasteiger partial charge in [0.05, 0.1) is 12.2 Å². The molecule has 0 aliphatic rings. The minimum Gasteiger partial charge on any atom is -0.361 e. The second kappa shape index (κ2) is 11.4. The smallest absolute Gasteiger partial charge is 0.239 e. The summed E-state index contributed by atoms with van der Waals surface area (Å²) in [7, 11) is 0. The van der Waals surface area contributed by atoms with E-state index in [1.165, 1.54) is 0 Å². The van der Waals surface area contributed by atoms with Gasteiger partial charge in [-0.3, -0.25) is 9.36 Å². The molecule has 0 bridgehead atoms. The van der Waals surface area contributed by atoms with Gasteiger partial charge < -0.3 is 16.0 Å². The van der Waals surface area contributed by atoms with Gasteiger partial charge >= 0.3 is 0 Å². The zero-order valence-corrected chi connectivity index (χ0v) is 21.0. The van der Waals surface area contributed by atoms with Crippen molar-refractivity contribution in [2.45, 2.75) is 20.0 Å². The van der Waals surface area contributed by atoms with Crippen molar-refractivity contribution in [3.8, 4) is 5.82 Å². The van der Waals surface area contributed by atoms with Crippen LogP contribution >= 0.6 is 34.8 Å². The summed E-state index contributed by atoms with van der Waals surface area (Å²) in [6.07, 6.45) is 3.53. The van der Waals surface area contributed by atoms with Crippen molar-refractivity contribution in [2.24, 2.45) is 0 Å². The normalized spacial score (nSPS) is 10.7. The molecule has 180 valence electrons. The highest BCUT2D eigenvalue weighted by atomic mass is 35.5. The Hall–Kier alpha value is -3.33. The Morgan fingerprint density at radius 2 is 1.80 bits per heavy atom. The van der Waals surface area contributed by atoms with Gasteiger partial charge in [-0.15, -0.1) is 0 Å². The lowest BCUT2D eigenvalue weighted by Crippen LogP contribution is -2.29. The molecule has 0 radical (unpaired) electrons. The number of aryl methyl sites for hydroxylation is 1. The van der Waals surface area contributed by atoms with Crippen molar-refractivity contribution >= 4 is 52.5 Å². The van der Waals surface area contributed by atoms with Crippen molar-refractivity contribution in [3.05, 3.63) is 92.9 Å². The standard InChI is InChI=1S/C24H22Cl3N7O/c1-15-13-34(14-31-15)22-9-21(32-24(33-22)30-10-16-3-2-4-18(25)7-16)28-12-23(35)29-11-17-5-6-19(26)8-20(17)27/h2-9,13-14H,10-12H2,1H3,(H,29,35)(H2,28,30,32,33). The third-order valence-electron chi connectivity index (χ3n) is 4.95. The Morgan fingerprint density at radius 3 is 2.54 bits per heavy atom. The van der Waals surface area contributed by atoms with E-state index in [9.17, 15) is 4.79 Å². The number of halogens is 3. The van der Waals surface area contributed by atoms with Gasteiger partial charge in [0.15, 0.2) is 0 Å². The lowest BCUT2D eigenvalue weighted by molar-refractivity contribution is -0.119. The molecule has 0 aliphatic heterocycles. The summed E-state index contributed by atoms with van der Waals surface area (Å²) < 4.78 is 1.79. The number of aromatic nitrogens is 4. The predicted molar refractivity (Wildman–Crippen MR) is 139 cm³/mol. The topological polar surface area (TPSA) is 96.8 Å². The van der Waals surface area contributed by atoms with E-state index in [1.54, 1.807) is 35.2 Å². The maximum atomic E-state index is 12.4. The molecule has 0 fully saturated rings. The highest BCUT2D eigenvalue weighted by Gasteiger charge is 2.10. The molecule has 0 saturated heterocycles. The molecule has 2 heterocycles. The number of rotatable bonds is 9. The third-order valence-corrected chi connectivity index (χ3v) is 5.77. The van der Waals surface area contributed by atoms with Crippen molar-refractivity contribution in [3.63, 3.8) is 0 Å². The number of nitrogens with one attached hydrogen (secondary N) is 3. The zero-order valence-electron chi connectivity index (χ0n) is 18.7. The van der Waals surface area contributed by atoms with Crippen LogP contribution in [0.5, 0.6) is 0 Å². The van der Waals surface area contributed by atoms with E-state index in [2.05, 4.69) is 30.9 Å². The lowest BCUT2D eigenvalue weighted by atomic mass is 10.2. The number of anilines is 2. The molecule has 0 saturated carbocycles. The summed E-state index contributed by atoms with van der Waals surface area (Å²) in [5.41, 5.74) is 2.61. The number of carbonyl (C=O) groups is 1. The Bertz CT molecular complexity index is 1340. The SMILES string of the molecule is Cc1cn(-c2cc(NCC(=O)NCc3ccc(Cl)cc3Cl)nc(NCc3cccc(Cl)c3)n2)cn1. The Kier molecular flexibility index (Phi) is 8.07. The zero-order chi connectivity index (χ0) is 24.8. The molecular formula is C24H22Cl3N7O. The van der Waals surface area contributed by atoms with E-state index in [0.29, 0.717) is 39.2 Å². The predicted octanol–water partition coefficient (Wildman–Crippen LogP) is 5.27. The number of benzene rings is 2. The largest absolute Gasteiger partial charge is 0.361 e. The highest BCUT2D eigenvalue weighted by Crippen LogP contribution is 2.21. The molecule has 0 unspecified atom stereocenters. The van der Waals surface area contributed by atoms with Crippen LogP contribution in [0.2, 0.25) is 15.1 Å². The summed E-state index contributed by atoms with van der Waals surface area (Å²) in [4.78, 5) is 25.8. The van der Waals surface area contributed by atoms with Crippen LogP contribution in [0, 0.1) is 6.92 Å². The summed E-state index contributed by atoms with van der Waals surface area (Å²) in [5, 5.41) is 10.8. The molecule has 0 aliphatic carbocycles. The van der Waals surface area contributed by atoms with Gasteiger partial charge in [-0.05, 0) is 42.3 Å². The van der Waals surface area contributed by atoms with Crippen molar-refractivity contribution in [1.29, 1.82) is 0 Å². The van der Waals surface area contributed by atoms with Gasteiger partial charge in [-0.1, -0.05) is 53.0 Å². The van der Waals surface area contributed by atoms with Gasteiger partial charge in [0.25, 0.3) is 0 Å². The number of carbonyl (C=O) groups excluding carboxylic acids is 1. The number of nitrogens with zero attached hydrogens (tertiary/aromatic N) is 4. The summed E-state index contributed by atoms with van der Waals surface area (Å²) >= 11 is 18.2. The minimum atomic E-state index is -0.219. The lowest BCUT2D eigenvalue weighted by Gasteiger charge is -2.12. The van der Waals surface area contributed by atoms with Crippen LogP contribution < -0.4 is 16.0 Å². The number of hydrogen-bond acceptors (Lipinski definition) is 6. The first-order chi connectivity index (χ1) is 16.9. The first-order valence-electron chi connectivity index (χ1n) is 10.7. The van der Waals surface area contributed by atoms with Crippen LogP contribution in [0.25, 0.3) is 5.82 Å². The molecular weight excluding hydrogens is 509 g/mol. The van der Waals surface area contributed by atoms with Gasteiger partial charge in [0.2, 0.25) is 11.9 Å². The molecule has 2 aromatic carbocycles. The van der Waals surface area contributed by atoms with E-state index in [-0.39, 0.29) is 19.0 Å². The second-order valence-electron chi connectivity index (χ2n) is 7.71. The molecule has 3 N–H and O–H groups in total. The van der Waals surface area contributed by atoms with Crippen LogP contribution in [0.3, 0.4) is 0 Å². The quantitative estimate of drug-likeness (QED) is 0.273. The van der Waals surface area contributed by atoms with E-state index < -0.39 is 0 Å². The van der Waals surface area contributed by atoms with Crippen LogP contribution in [0.15, 0.2) is 61.1 Å². The van der Waals surface area contributed by atoms with Gasteiger partial charge in [-0.25, -0.2) is 4.98 Å². The van der Waals surface area contributed by atoms with Gasteiger partial charge in [0, 0.05) is 40.4 Å². The first-order valence-corrected chi connectivity index (χ1v) is 11.8. The third kappa shape index (κ3) is 7.08. The van der Waals surface area contributed by atoms with Gasteiger partial charge in [0.1, 0.15) is 18.0 Å². The van der Waals surface area contributed by atoms with Crippen molar-refractivity contribution in [1.82, 2.24) is 24.8 Å². The molecule has 35 heavy (non-hydrogen) atoms. The molecule has 4 aromatic rings. The number of imidazole rings is 1. The Labute approximate surface area is 217 Å². The molecule has 2 aromatic heterocycles. The summed E-state index contributed by atoms with van der Waals surface area (Å²) in [6, 6.07) is 14.4. The number of hydrogen-bond donors (Lipinski definition) is 3. The first kappa shape index (κ1) is 24.8. The maximum Gasteiger partial charge on any atom is 0.239 e. The molecule has 0 spiro atoms. The maximum absolute atomic E-state index is 12.4. The van der Waals surface area contributed by atoms with Crippen LogP contribution in [-0.4, -0.2) is 32.0 Å². The monoisotopic (exact) mass is 529 g/mol. The van der Waals surface area contributed by atoms with E-state index in [0.717, 1.165) is 16.8 Å².